The molecule has 2 aromatic heterocycles. The maximum atomic E-state index is 13.0. The Morgan fingerprint density at radius 3 is 2.56 bits per heavy atom. The third-order valence-electron chi connectivity index (χ3n) is 8.10. The summed E-state index contributed by atoms with van der Waals surface area (Å²) in [7, 11) is 0. The molecule has 2 aliphatic carbocycles. The standard InChI is InChI=1S/C27H33Cl2N5O2/c1-17-12-20(28)13-21(29)25(17)26-23(34-15-22(18-2-3-18)30-14-24(34)31-26)16-32-6-8-33(9-7-32)27(35)19-4-10-36-11-5-19/h12-15,17-19,25H,2-11,16H2,1H3. The molecule has 4 aliphatic rings. The van der Waals surface area contributed by atoms with E-state index in [4.69, 9.17) is 37.9 Å². The van der Waals surface area contributed by atoms with Crippen molar-refractivity contribution in [1.82, 2.24) is 24.2 Å². The lowest BCUT2D eigenvalue weighted by molar-refractivity contribution is -0.140. The van der Waals surface area contributed by atoms with E-state index in [2.05, 4.69) is 28.5 Å². The molecule has 1 amide bonds. The molecule has 2 atom stereocenters. The van der Waals surface area contributed by atoms with E-state index >= 15 is 0 Å². The monoisotopic (exact) mass is 529 g/mol. The predicted molar refractivity (Wildman–Crippen MR) is 140 cm³/mol. The second kappa shape index (κ2) is 10.1. The molecule has 0 spiro atoms. The van der Waals surface area contributed by atoms with Gasteiger partial charge in [0.2, 0.25) is 5.91 Å². The number of allylic oxidation sites excluding steroid dienone is 4. The number of hydrogen-bond acceptors (Lipinski definition) is 5. The van der Waals surface area contributed by atoms with Crippen molar-refractivity contribution in [3.05, 3.63) is 51.7 Å². The minimum Gasteiger partial charge on any atom is -0.381 e. The van der Waals surface area contributed by atoms with Crippen LogP contribution < -0.4 is 0 Å². The topological polar surface area (TPSA) is 63.0 Å². The highest BCUT2D eigenvalue weighted by Gasteiger charge is 2.34. The second-order valence-electron chi connectivity index (χ2n) is 10.7. The van der Waals surface area contributed by atoms with Crippen molar-refractivity contribution in [3.63, 3.8) is 0 Å². The molecule has 4 heterocycles. The third-order valence-corrected chi connectivity index (χ3v) is 8.68. The molecular weight excluding hydrogens is 497 g/mol. The van der Waals surface area contributed by atoms with Gasteiger partial charge in [-0.25, -0.2) is 4.98 Å². The third kappa shape index (κ3) is 4.83. The van der Waals surface area contributed by atoms with Gasteiger partial charge in [0.15, 0.2) is 5.65 Å². The summed E-state index contributed by atoms with van der Waals surface area (Å²) < 4.78 is 7.67. The van der Waals surface area contributed by atoms with Gasteiger partial charge in [-0.15, -0.1) is 0 Å². The first-order chi connectivity index (χ1) is 17.5. The number of imidazole rings is 1. The number of nitrogens with zero attached hydrogens (tertiary/aromatic N) is 5. The molecule has 192 valence electrons. The molecule has 3 fully saturated rings. The molecule has 2 saturated heterocycles. The van der Waals surface area contributed by atoms with Crippen LogP contribution in [0.1, 0.15) is 61.5 Å². The van der Waals surface area contributed by atoms with Gasteiger partial charge in [-0.1, -0.05) is 36.2 Å². The van der Waals surface area contributed by atoms with E-state index in [1.807, 2.05) is 17.2 Å². The first-order valence-corrected chi connectivity index (χ1v) is 13.9. The zero-order valence-corrected chi connectivity index (χ0v) is 22.2. The van der Waals surface area contributed by atoms with Gasteiger partial charge in [-0.3, -0.25) is 19.1 Å². The molecule has 0 bridgehead atoms. The number of rotatable bonds is 5. The van der Waals surface area contributed by atoms with E-state index in [1.54, 1.807) is 0 Å². The van der Waals surface area contributed by atoms with E-state index in [1.165, 1.54) is 12.8 Å². The summed E-state index contributed by atoms with van der Waals surface area (Å²) in [5.74, 6) is 1.08. The number of fused-ring (bicyclic) bond motifs is 1. The van der Waals surface area contributed by atoms with Crippen LogP contribution in [0.4, 0.5) is 0 Å². The Balaban J connectivity index is 1.25. The lowest BCUT2D eigenvalue weighted by Crippen LogP contribution is -2.50. The normalized spacial score (nSPS) is 26.2. The highest BCUT2D eigenvalue weighted by atomic mass is 35.5. The molecule has 36 heavy (non-hydrogen) atoms. The second-order valence-corrected chi connectivity index (χ2v) is 11.5. The summed E-state index contributed by atoms with van der Waals surface area (Å²) >= 11 is 13.1. The van der Waals surface area contributed by atoms with Gasteiger partial charge >= 0.3 is 0 Å². The van der Waals surface area contributed by atoms with Gasteiger partial charge in [-0.2, -0.15) is 0 Å². The smallest absolute Gasteiger partial charge is 0.225 e. The maximum Gasteiger partial charge on any atom is 0.225 e. The number of amides is 1. The number of ether oxygens (including phenoxy) is 1. The van der Waals surface area contributed by atoms with E-state index in [9.17, 15) is 4.79 Å². The van der Waals surface area contributed by atoms with Gasteiger partial charge in [0.25, 0.3) is 0 Å². The van der Waals surface area contributed by atoms with Crippen molar-refractivity contribution >= 4 is 34.8 Å². The van der Waals surface area contributed by atoms with Crippen LogP contribution >= 0.6 is 23.2 Å². The van der Waals surface area contributed by atoms with Crippen LogP contribution in [0.2, 0.25) is 0 Å². The van der Waals surface area contributed by atoms with Crippen LogP contribution in [-0.4, -0.2) is 69.5 Å². The van der Waals surface area contributed by atoms with Gasteiger partial charge < -0.3 is 9.64 Å². The largest absolute Gasteiger partial charge is 0.381 e. The average Bonchev–Trinajstić information content (AvgIpc) is 3.67. The number of carbonyl (C=O) groups is 1. The fourth-order valence-corrected chi connectivity index (χ4v) is 6.61. The van der Waals surface area contributed by atoms with Crippen molar-refractivity contribution in [2.24, 2.45) is 11.8 Å². The number of hydrogen-bond donors (Lipinski definition) is 0. The van der Waals surface area contributed by atoms with E-state index < -0.39 is 0 Å². The van der Waals surface area contributed by atoms with Gasteiger partial charge in [-0.05, 0) is 37.7 Å². The summed E-state index contributed by atoms with van der Waals surface area (Å²) in [6.45, 7) is 7.51. The van der Waals surface area contributed by atoms with Crippen molar-refractivity contribution in [3.8, 4) is 0 Å². The van der Waals surface area contributed by atoms with Gasteiger partial charge in [0.05, 0.1) is 23.3 Å². The molecule has 6 rings (SSSR count). The Morgan fingerprint density at radius 1 is 1.11 bits per heavy atom. The van der Waals surface area contributed by atoms with Crippen LogP contribution in [-0.2, 0) is 16.1 Å². The fraction of sp³-hybridized carbons (Fsp3) is 0.593. The summed E-state index contributed by atoms with van der Waals surface area (Å²) in [5.41, 5.74) is 4.16. The highest BCUT2D eigenvalue weighted by Crippen LogP contribution is 2.43. The summed E-state index contributed by atoms with van der Waals surface area (Å²) in [5, 5.41) is 1.40. The van der Waals surface area contributed by atoms with Crippen LogP contribution in [0, 0.1) is 11.8 Å². The quantitative estimate of drug-likeness (QED) is 0.563. The zero-order chi connectivity index (χ0) is 24.8. The summed E-state index contributed by atoms with van der Waals surface area (Å²) in [6.07, 6.45) is 12.1. The first kappa shape index (κ1) is 24.4. The highest BCUT2D eigenvalue weighted by molar-refractivity contribution is 6.35. The summed E-state index contributed by atoms with van der Waals surface area (Å²) in [6, 6.07) is 0. The van der Waals surface area contributed by atoms with Crippen molar-refractivity contribution in [1.29, 1.82) is 0 Å². The molecule has 0 N–H and O–H groups in total. The van der Waals surface area contributed by atoms with Crippen LogP contribution in [0.25, 0.3) is 5.65 Å². The Hall–Kier alpha value is -1.93. The van der Waals surface area contributed by atoms with Crippen molar-refractivity contribution in [2.45, 2.75) is 51.0 Å². The number of piperazine rings is 1. The van der Waals surface area contributed by atoms with E-state index in [-0.39, 0.29) is 17.8 Å². The molecule has 2 aliphatic heterocycles. The Bertz CT molecular complexity index is 1210. The van der Waals surface area contributed by atoms with E-state index in [0.29, 0.717) is 30.1 Å². The SMILES string of the molecule is CC1C=C(Cl)C=C(Cl)C1c1nc2cnc(C3CC3)cn2c1CN1CCN(C(=O)C2CCOCC2)CC1. The Morgan fingerprint density at radius 2 is 1.86 bits per heavy atom. The number of halogens is 2. The van der Waals surface area contributed by atoms with Gasteiger partial charge in [0, 0.05) is 80.0 Å². The van der Waals surface area contributed by atoms with Crippen LogP contribution in [0.5, 0.6) is 0 Å². The van der Waals surface area contributed by atoms with Crippen LogP contribution in [0.15, 0.2) is 34.6 Å². The summed E-state index contributed by atoms with van der Waals surface area (Å²) in [4.78, 5) is 27.3. The molecular formula is C27H33Cl2N5O2. The molecule has 1 saturated carbocycles. The van der Waals surface area contributed by atoms with Gasteiger partial charge in [0.1, 0.15) is 0 Å². The molecule has 0 radical (unpaired) electrons. The predicted octanol–water partition coefficient (Wildman–Crippen LogP) is 4.66. The molecule has 0 aromatic carbocycles. The fourth-order valence-electron chi connectivity index (χ4n) is 5.82. The van der Waals surface area contributed by atoms with E-state index in [0.717, 1.165) is 73.3 Å². The zero-order valence-electron chi connectivity index (χ0n) is 20.7. The van der Waals surface area contributed by atoms with Crippen LogP contribution in [0.3, 0.4) is 0 Å². The molecule has 7 nitrogen and oxygen atoms in total. The number of aromatic nitrogens is 3. The lowest BCUT2D eigenvalue weighted by Gasteiger charge is -2.37. The van der Waals surface area contributed by atoms with Crippen molar-refractivity contribution < 1.29 is 9.53 Å². The average molecular weight is 531 g/mol. The molecule has 2 unspecified atom stereocenters. The molecule has 9 heteroatoms. The maximum absolute atomic E-state index is 13.0. The minimum absolute atomic E-state index is 0.0372. The molecule has 2 aromatic rings. The Kier molecular flexibility index (Phi) is 6.84. The minimum atomic E-state index is -0.0372. The number of carbonyl (C=O) groups excluding carboxylic acids is 1. The first-order valence-electron chi connectivity index (χ1n) is 13.2. The lowest BCUT2D eigenvalue weighted by atomic mass is 9.86. The Labute approximate surface area is 222 Å². The van der Waals surface area contributed by atoms with Crippen molar-refractivity contribution in [2.75, 3.05) is 39.4 Å².